The van der Waals surface area contributed by atoms with E-state index in [9.17, 15) is 9.59 Å². The minimum absolute atomic E-state index is 0.215. The van der Waals surface area contributed by atoms with Crippen LogP contribution in [0.2, 0.25) is 0 Å². The first-order chi connectivity index (χ1) is 11.6. The van der Waals surface area contributed by atoms with Crippen LogP contribution in [0.1, 0.15) is 23.0 Å². The molecule has 6 nitrogen and oxygen atoms in total. The third-order valence-electron chi connectivity index (χ3n) is 3.49. The van der Waals surface area contributed by atoms with E-state index in [1.807, 2.05) is 13.0 Å². The van der Waals surface area contributed by atoms with Gasteiger partial charge in [-0.3, -0.25) is 14.0 Å². The molecule has 0 saturated carbocycles. The third kappa shape index (κ3) is 3.03. The molecular weight excluding hydrogens is 324 g/mol. The summed E-state index contributed by atoms with van der Waals surface area (Å²) >= 11 is 1.43. The standard InChI is InChI=1S/C17H16N4O2S/c1-3-24-17-20-19-11(2)14-10-9-13(16(23)21(14)17)18-15(22)12-7-5-4-6-8-12/h4-10H,3H2,1-2H3,(H,18,22). The number of aromatic nitrogens is 3. The first-order valence-corrected chi connectivity index (χ1v) is 8.48. The molecular formula is C17H16N4O2S. The lowest BCUT2D eigenvalue weighted by Crippen LogP contribution is -2.24. The van der Waals surface area contributed by atoms with Gasteiger partial charge in [0.1, 0.15) is 5.69 Å². The van der Waals surface area contributed by atoms with Gasteiger partial charge in [0.2, 0.25) is 0 Å². The molecule has 1 amide bonds. The number of nitrogens with one attached hydrogen (secondary N) is 1. The van der Waals surface area contributed by atoms with Crippen LogP contribution in [-0.4, -0.2) is 26.3 Å². The van der Waals surface area contributed by atoms with Gasteiger partial charge in [-0.2, -0.15) is 5.10 Å². The van der Waals surface area contributed by atoms with Crippen LogP contribution in [0.15, 0.2) is 52.4 Å². The van der Waals surface area contributed by atoms with Gasteiger partial charge in [-0.15, -0.1) is 5.10 Å². The Morgan fingerprint density at radius 2 is 1.92 bits per heavy atom. The number of rotatable bonds is 4. The number of aryl methyl sites for hydroxylation is 1. The van der Waals surface area contributed by atoms with Crippen molar-refractivity contribution in [2.24, 2.45) is 0 Å². The Morgan fingerprint density at radius 1 is 1.17 bits per heavy atom. The number of anilines is 1. The molecule has 3 aromatic rings. The van der Waals surface area contributed by atoms with E-state index in [1.165, 1.54) is 16.2 Å². The summed E-state index contributed by atoms with van der Waals surface area (Å²) in [5.74, 6) is 0.441. The fourth-order valence-electron chi connectivity index (χ4n) is 2.33. The van der Waals surface area contributed by atoms with Crippen molar-refractivity contribution in [2.45, 2.75) is 19.0 Å². The smallest absolute Gasteiger partial charge is 0.281 e. The molecule has 0 radical (unpaired) electrons. The van der Waals surface area contributed by atoms with Crippen LogP contribution in [0.3, 0.4) is 0 Å². The Balaban J connectivity index is 2.07. The minimum atomic E-state index is -0.323. The average molecular weight is 340 g/mol. The van der Waals surface area contributed by atoms with E-state index in [0.717, 1.165) is 5.75 Å². The monoisotopic (exact) mass is 340 g/mol. The number of hydrogen-bond donors (Lipinski definition) is 1. The van der Waals surface area contributed by atoms with E-state index in [-0.39, 0.29) is 17.2 Å². The fraction of sp³-hybridized carbons (Fsp3) is 0.176. The van der Waals surface area contributed by atoms with Crippen LogP contribution in [0, 0.1) is 6.92 Å². The Kier molecular flexibility index (Phi) is 4.61. The molecule has 0 bridgehead atoms. The number of carbonyl (C=O) groups excluding carboxylic acids is 1. The number of carbonyl (C=O) groups is 1. The Labute approximate surface area is 142 Å². The van der Waals surface area contributed by atoms with Gasteiger partial charge in [0.15, 0.2) is 5.16 Å². The van der Waals surface area contributed by atoms with Gasteiger partial charge in [0, 0.05) is 5.56 Å². The minimum Gasteiger partial charge on any atom is -0.317 e. The second-order valence-corrected chi connectivity index (χ2v) is 6.33. The van der Waals surface area contributed by atoms with Gasteiger partial charge in [-0.05, 0) is 36.9 Å². The maximum atomic E-state index is 12.8. The van der Waals surface area contributed by atoms with Crippen molar-refractivity contribution >= 4 is 28.9 Å². The summed E-state index contributed by atoms with van der Waals surface area (Å²) in [5.41, 5.74) is 1.74. The summed E-state index contributed by atoms with van der Waals surface area (Å²) in [6.07, 6.45) is 0. The summed E-state index contributed by atoms with van der Waals surface area (Å²) in [7, 11) is 0. The van der Waals surface area contributed by atoms with Crippen molar-refractivity contribution < 1.29 is 4.79 Å². The predicted octanol–water partition coefficient (Wildman–Crippen LogP) is 2.76. The Morgan fingerprint density at radius 3 is 2.62 bits per heavy atom. The Bertz CT molecular complexity index is 954. The van der Waals surface area contributed by atoms with Crippen molar-refractivity contribution in [3.05, 3.63) is 64.1 Å². The van der Waals surface area contributed by atoms with E-state index in [2.05, 4.69) is 15.5 Å². The molecule has 2 heterocycles. The number of nitrogens with zero attached hydrogens (tertiary/aromatic N) is 3. The fourth-order valence-corrected chi connectivity index (χ4v) is 2.99. The average Bonchev–Trinajstić information content (AvgIpc) is 2.60. The zero-order valence-electron chi connectivity index (χ0n) is 13.3. The summed E-state index contributed by atoms with van der Waals surface area (Å²) in [5, 5.41) is 11.4. The lowest BCUT2D eigenvalue weighted by molar-refractivity contribution is 0.102. The molecule has 0 spiro atoms. The van der Waals surface area contributed by atoms with Crippen molar-refractivity contribution in [3.8, 4) is 0 Å². The van der Waals surface area contributed by atoms with Crippen molar-refractivity contribution in [1.82, 2.24) is 14.6 Å². The summed E-state index contributed by atoms with van der Waals surface area (Å²) < 4.78 is 1.50. The van der Waals surface area contributed by atoms with Gasteiger partial charge in [-0.25, -0.2) is 0 Å². The highest BCUT2D eigenvalue weighted by Gasteiger charge is 2.14. The van der Waals surface area contributed by atoms with E-state index in [1.54, 1.807) is 43.3 Å². The molecule has 0 aliphatic heterocycles. The van der Waals surface area contributed by atoms with Gasteiger partial charge in [0.25, 0.3) is 11.5 Å². The van der Waals surface area contributed by atoms with Gasteiger partial charge < -0.3 is 5.32 Å². The molecule has 0 aliphatic rings. The van der Waals surface area contributed by atoms with Crippen LogP contribution in [0.5, 0.6) is 0 Å². The lowest BCUT2D eigenvalue weighted by Gasteiger charge is -2.10. The maximum Gasteiger partial charge on any atom is 0.281 e. The molecule has 0 unspecified atom stereocenters. The zero-order chi connectivity index (χ0) is 17.1. The molecule has 2 aromatic heterocycles. The zero-order valence-corrected chi connectivity index (χ0v) is 14.1. The molecule has 24 heavy (non-hydrogen) atoms. The number of amides is 1. The number of hydrogen-bond acceptors (Lipinski definition) is 5. The summed E-state index contributed by atoms with van der Waals surface area (Å²) in [6, 6.07) is 12.1. The van der Waals surface area contributed by atoms with E-state index < -0.39 is 0 Å². The lowest BCUT2D eigenvalue weighted by atomic mass is 10.2. The van der Waals surface area contributed by atoms with Crippen LogP contribution >= 0.6 is 11.8 Å². The normalized spacial score (nSPS) is 10.8. The first-order valence-electron chi connectivity index (χ1n) is 7.50. The second-order valence-electron chi connectivity index (χ2n) is 5.09. The third-order valence-corrected chi connectivity index (χ3v) is 4.30. The predicted molar refractivity (Wildman–Crippen MR) is 94.8 cm³/mol. The molecule has 3 rings (SSSR count). The molecule has 122 valence electrons. The summed E-state index contributed by atoms with van der Waals surface area (Å²) in [6.45, 7) is 3.77. The molecule has 0 atom stereocenters. The van der Waals surface area contributed by atoms with Crippen LogP contribution < -0.4 is 10.9 Å². The van der Waals surface area contributed by atoms with Crippen molar-refractivity contribution in [3.63, 3.8) is 0 Å². The molecule has 1 aromatic carbocycles. The quantitative estimate of drug-likeness (QED) is 0.739. The molecule has 0 saturated heterocycles. The van der Waals surface area contributed by atoms with Crippen LogP contribution in [0.4, 0.5) is 5.69 Å². The molecule has 7 heteroatoms. The second kappa shape index (κ2) is 6.84. The highest BCUT2D eigenvalue weighted by atomic mass is 32.2. The number of benzene rings is 1. The Hall–Kier alpha value is -2.67. The topological polar surface area (TPSA) is 76.4 Å². The van der Waals surface area contributed by atoms with Crippen LogP contribution in [-0.2, 0) is 0 Å². The summed E-state index contributed by atoms with van der Waals surface area (Å²) in [4.78, 5) is 25.1. The van der Waals surface area contributed by atoms with Gasteiger partial charge in [0.05, 0.1) is 11.2 Å². The highest BCUT2D eigenvalue weighted by Crippen LogP contribution is 2.17. The van der Waals surface area contributed by atoms with Gasteiger partial charge >= 0.3 is 0 Å². The maximum absolute atomic E-state index is 12.8. The van der Waals surface area contributed by atoms with Crippen molar-refractivity contribution in [1.29, 1.82) is 0 Å². The SMILES string of the molecule is CCSc1nnc(C)c2ccc(NC(=O)c3ccccc3)c(=O)n12. The number of fused-ring (bicyclic) bond motifs is 1. The van der Waals surface area contributed by atoms with Gasteiger partial charge in [-0.1, -0.05) is 36.9 Å². The highest BCUT2D eigenvalue weighted by molar-refractivity contribution is 7.99. The largest absolute Gasteiger partial charge is 0.317 e. The molecule has 0 aliphatic carbocycles. The number of pyridine rings is 1. The van der Waals surface area contributed by atoms with E-state index in [0.29, 0.717) is 21.9 Å². The van der Waals surface area contributed by atoms with E-state index >= 15 is 0 Å². The molecule has 0 fully saturated rings. The van der Waals surface area contributed by atoms with Crippen LogP contribution in [0.25, 0.3) is 5.52 Å². The first kappa shape index (κ1) is 16.2. The number of thioether (sulfide) groups is 1. The van der Waals surface area contributed by atoms with Crippen molar-refractivity contribution in [2.75, 3.05) is 11.1 Å². The van der Waals surface area contributed by atoms with E-state index in [4.69, 9.17) is 0 Å². The molecule has 1 N–H and O–H groups in total.